The van der Waals surface area contributed by atoms with Gasteiger partial charge >= 0.3 is 6.09 Å². The third-order valence-electron chi connectivity index (χ3n) is 4.77. The van der Waals surface area contributed by atoms with Crippen molar-refractivity contribution < 1.29 is 24.2 Å². The summed E-state index contributed by atoms with van der Waals surface area (Å²) in [5.74, 6) is 0.420. The number of anilines is 1. The monoisotopic (exact) mass is 355 g/mol. The van der Waals surface area contributed by atoms with Gasteiger partial charge < -0.3 is 14.6 Å². The molecule has 136 valence electrons. The zero-order valence-electron chi connectivity index (χ0n) is 14.9. The summed E-state index contributed by atoms with van der Waals surface area (Å²) in [6.45, 7) is 1.80. The van der Waals surface area contributed by atoms with Crippen molar-refractivity contribution >= 4 is 17.6 Å². The van der Waals surface area contributed by atoms with Crippen molar-refractivity contribution in [3.05, 3.63) is 53.6 Å². The maximum Gasteiger partial charge on any atom is 0.412 e. The lowest BCUT2D eigenvalue weighted by atomic mass is 9.81. The van der Waals surface area contributed by atoms with Crippen LogP contribution in [-0.2, 0) is 0 Å². The molecular formula is C20H21NO5. The number of ketones is 1. The van der Waals surface area contributed by atoms with E-state index in [1.807, 2.05) is 18.2 Å². The minimum Gasteiger partial charge on any atom is -0.493 e. The van der Waals surface area contributed by atoms with Gasteiger partial charge in [-0.2, -0.15) is 0 Å². The molecule has 6 nitrogen and oxygen atoms in total. The standard InChI is InChI=1S/C20H21NO5/c1-12-9-15(19(22)13-7-5-4-6-8-13)14-10-17(25-2)18(26-3)11-16(14)21(12)20(23)24/h4-8,10-12,15H,9H2,1-3H3,(H,23,24)/t12-,15?/m0/s1. The number of Topliss-reactive ketones (excluding diaryl/α,β-unsaturated/α-hetero) is 1. The largest absolute Gasteiger partial charge is 0.493 e. The fraction of sp³-hybridized carbons (Fsp3) is 0.300. The van der Waals surface area contributed by atoms with Gasteiger partial charge in [0.05, 0.1) is 25.8 Å². The lowest BCUT2D eigenvalue weighted by Crippen LogP contribution is -2.43. The Bertz CT molecular complexity index is 834. The smallest absolute Gasteiger partial charge is 0.412 e. The van der Waals surface area contributed by atoms with E-state index in [1.165, 1.54) is 19.1 Å². The average molecular weight is 355 g/mol. The van der Waals surface area contributed by atoms with Crippen LogP contribution in [0.15, 0.2) is 42.5 Å². The van der Waals surface area contributed by atoms with Crippen LogP contribution in [0.5, 0.6) is 11.5 Å². The number of amides is 1. The van der Waals surface area contributed by atoms with Gasteiger partial charge in [0, 0.05) is 17.7 Å². The number of methoxy groups -OCH3 is 2. The van der Waals surface area contributed by atoms with Gasteiger partial charge in [-0.25, -0.2) is 4.79 Å². The van der Waals surface area contributed by atoms with Crippen LogP contribution in [-0.4, -0.2) is 37.2 Å². The SMILES string of the molecule is COc1cc2c(cc1OC)N(C(=O)O)[C@@H](C)CC2C(=O)c1ccccc1. The van der Waals surface area contributed by atoms with Crippen molar-refractivity contribution in [2.75, 3.05) is 19.1 Å². The summed E-state index contributed by atoms with van der Waals surface area (Å²) in [6.07, 6.45) is -0.653. The Labute approximate surface area is 152 Å². The average Bonchev–Trinajstić information content (AvgIpc) is 2.65. The van der Waals surface area contributed by atoms with Crippen molar-refractivity contribution in [1.29, 1.82) is 0 Å². The second-order valence-electron chi connectivity index (χ2n) is 6.29. The predicted molar refractivity (Wildman–Crippen MR) is 97.6 cm³/mol. The summed E-state index contributed by atoms with van der Waals surface area (Å²) in [4.78, 5) is 26.2. The normalized spacial score (nSPS) is 18.8. The highest BCUT2D eigenvalue weighted by Gasteiger charge is 2.38. The third-order valence-corrected chi connectivity index (χ3v) is 4.77. The molecule has 0 aromatic heterocycles. The van der Waals surface area contributed by atoms with E-state index in [-0.39, 0.29) is 11.8 Å². The molecule has 1 N–H and O–H groups in total. The Morgan fingerprint density at radius 1 is 1.08 bits per heavy atom. The van der Waals surface area contributed by atoms with Gasteiger partial charge in [-0.15, -0.1) is 0 Å². The van der Waals surface area contributed by atoms with E-state index in [2.05, 4.69) is 0 Å². The maximum atomic E-state index is 13.1. The summed E-state index contributed by atoms with van der Waals surface area (Å²) in [5.41, 5.74) is 1.70. The molecule has 0 fully saturated rings. The van der Waals surface area contributed by atoms with Crippen LogP contribution in [0.2, 0.25) is 0 Å². The molecule has 0 saturated carbocycles. The number of hydrogen-bond acceptors (Lipinski definition) is 4. The molecule has 3 rings (SSSR count). The Kier molecular flexibility index (Phi) is 4.84. The highest BCUT2D eigenvalue weighted by atomic mass is 16.5. The van der Waals surface area contributed by atoms with Crippen molar-refractivity contribution in [2.24, 2.45) is 0 Å². The summed E-state index contributed by atoms with van der Waals surface area (Å²) in [5, 5.41) is 9.66. The van der Waals surface area contributed by atoms with Crippen LogP contribution >= 0.6 is 0 Å². The molecule has 1 aliphatic rings. The zero-order valence-corrected chi connectivity index (χ0v) is 14.9. The van der Waals surface area contributed by atoms with Gasteiger partial charge in [-0.1, -0.05) is 30.3 Å². The highest BCUT2D eigenvalue weighted by molar-refractivity contribution is 6.03. The van der Waals surface area contributed by atoms with E-state index >= 15 is 0 Å². The summed E-state index contributed by atoms with van der Waals surface area (Å²) in [6, 6.07) is 12.0. The molecule has 2 aromatic carbocycles. The highest BCUT2D eigenvalue weighted by Crippen LogP contribution is 2.45. The number of rotatable bonds is 4. The van der Waals surface area contributed by atoms with Gasteiger partial charge in [0.15, 0.2) is 17.3 Å². The first-order valence-electron chi connectivity index (χ1n) is 8.35. The van der Waals surface area contributed by atoms with Gasteiger partial charge in [0.25, 0.3) is 0 Å². The molecule has 1 amide bonds. The molecule has 1 aliphatic heterocycles. The second kappa shape index (κ2) is 7.07. The molecule has 2 aromatic rings. The first-order chi connectivity index (χ1) is 12.5. The summed E-state index contributed by atoms with van der Waals surface area (Å²) < 4.78 is 10.7. The number of ether oxygens (including phenoxy) is 2. The lowest BCUT2D eigenvalue weighted by molar-refractivity contribution is 0.0947. The van der Waals surface area contributed by atoms with E-state index < -0.39 is 12.0 Å². The van der Waals surface area contributed by atoms with E-state index in [0.29, 0.717) is 34.7 Å². The van der Waals surface area contributed by atoms with Crippen molar-refractivity contribution in [1.82, 2.24) is 0 Å². The number of benzene rings is 2. The third kappa shape index (κ3) is 2.98. The Hall–Kier alpha value is -3.02. The molecule has 0 radical (unpaired) electrons. The summed E-state index contributed by atoms with van der Waals surface area (Å²) in [7, 11) is 3.01. The molecule has 0 spiro atoms. The van der Waals surface area contributed by atoms with E-state index in [0.717, 1.165) is 0 Å². The molecular weight excluding hydrogens is 334 g/mol. The first-order valence-corrected chi connectivity index (χ1v) is 8.35. The molecule has 0 aliphatic carbocycles. The topological polar surface area (TPSA) is 76.1 Å². The maximum absolute atomic E-state index is 13.1. The van der Waals surface area contributed by atoms with E-state index in [4.69, 9.17) is 9.47 Å². The van der Waals surface area contributed by atoms with Gasteiger partial charge in [-0.05, 0) is 25.0 Å². The van der Waals surface area contributed by atoms with Crippen LogP contribution < -0.4 is 14.4 Å². The molecule has 0 bridgehead atoms. The Balaban J connectivity index is 2.16. The quantitative estimate of drug-likeness (QED) is 0.841. The van der Waals surface area contributed by atoms with Crippen LogP contribution in [0, 0.1) is 0 Å². The number of carbonyl (C=O) groups excluding carboxylic acids is 1. The fourth-order valence-electron chi connectivity index (χ4n) is 3.53. The Morgan fingerprint density at radius 2 is 1.69 bits per heavy atom. The Morgan fingerprint density at radius 3 is 2.27 bits per heavy atom. The predicted octanol–water partition coefficient (Wildman–Crippen LogP) is 3.95. The van der Waals surface area contributed by atoms with Crippen molar-refractivity contribution in [2.45, 2.75) is 25.3 Å². The lowest BCUT2D eigenvalue weighted by Gasteiger charge is -2.37. The van der Waals surface area contributed by atoms with Gasteiger partial charge in [0.1, 0.15) is 0 Å². The molecule has 0 saturated heterocycles. The van der Waals surface area contributed by atoms with Crippen molar-refractivity contribution in [3.63, 3.8) is 0 Å². The van der Waals surface area contributed by atoms with Crippen LogP contribution in [0.25, 0.3) is 0 Å². The zero-order chi connectivity index (χ0) is 18.8. The molecule has 26 heavy (non-hydrogen) atoms. The van der Waals surface area contributed by atoms with Crippen LogP contribution in [0.4, 0.5) is 10.5 Å². The minimum absolute atomic E-state index is 0.0315. The van der Waals surface area contributed by atoms with E-state index in [9.17, 15) is 14.7 Å². The van der Waals surface area contributed by atoms with Crippen molar-refractivity contribution in [3.8, 4) is 11.5 Å². The molecule has 2 atom stereocenters. The van der Waals surface area contributed by atoms with Gasteiger partial charge in [0.2, 0.25) is 0 Å². The van der Waals surface area contributed by atoms with Crippen LogP contribution in [0.3, 0.4) is 0 Å². The summed E-state index contributed by atoms with van der Waals surface area (Å²) >= 11 is 0. The van der Waals surface area contributed by atoms with Crippen LogP contribution in [0.1, 0.15) is 35.2 Å². The molecule has 1 heterocycles. The minimum atomic E-state index is -1.06. The number of carboxylic acid groups (broad SMARTS) is 1. The van der Waals surface area contributed by atoms with Gasteiger partial charge in [-0.3, -0.25) is 9.69 Å². The number of fused-ring (bicyclic) bond motifs is 1. The number of carbonyl (C=O) groups is 2. The fourth-order valence-corrected chi connectivity index (χ4v) is 3.53. The molecule has 6 heteroatoms. The first kappa shape index (κ1) is 17.8. The number of hydrogen-bond donors (Lipinski definition) is 1. The van der Waals surface area contributed by atoms with E-state index in [1.54, 1.807) is 31.2 Å². The second-order valence-corrected chi connectivity index (χ2v) is 6.29. The molecule has 1 unspecified atom stereocenters. The number of nitrogens with zero attached hydrogens (tertiary/aromatic N) is 1.